The van der Waals surface area contributed by atoms with Crippen molar-refractivity contribution in [3.8, 4) is 0 Å². The Morgan fingerprint density at radius 1 is 1.67 bits per heavy atom. The predicted molar refractivity (Wildman–Crippen MR) is 35.4 cm³/mol. The molecule has 0 aromatic heterocycles. The van der Waals surface area contributed by atoms with Crippen LogP contribution in [0.2, 0.25) is 0 Å². The molecule has 0 saturated carbocycles. The second-order valence-electron chi connectivity index (χ2n) is 2.26. The normalized spacial score (nSPS) is 22.8. The minimum absolute atomic E-state index is 0.233. The standard InChI is InChI=1S/C6H7NO5/c1-2-3-4(8)12-6(11)7(3)5(9)10/h3H,2H2,1H3,(H,9,10)/t3-/m0/s1. The Labute approximate surface area is 67.7 Å². The molecule has 0 aliphatic carbocycles. The number of hydrogen-bond donors (Lipinski definition) is 1. The van der Waals surface area contributed by atoms with Crippen LogP contribution in [0.4, 0.5) is 9.59 Å². The summed E-state index contributed by atoms with van der Waals surface area (Å²) in [5.74, 6) is -0.801. The van der Waals surface area contributed by atoms with Crippen LogP contribution in [-0.4, -0.2) is 34.2 Å². The maximum Gasteiger partial charge on any atom is 0.427 e. The Hall–Kier alpha value is -1.59. The molecule has 1 fully saturated rings. The summed E-state index contributed by atoms with van der Waals surface area (Å²) < 4.78 is 4.11. The van der Waals surface area contributed by atoms with Crippen LogP contribution in [0.5, 0.6) is 0 Å². The number of rotatable bonds is 1. The van der Waals surface area contributed by atoms with Gasteiger partial charge in [0.1, 0.15) is 6.04 Å². The molecule has 1 heterocycles. The van der Waals surface area contributed by atoms with E-state index >= 15 is 0 Å². The first-order valence-corrected chi connectivity index (χ1v) is 3.35. The van der Waals surface area contributed by atoms with Crippen molar-refractivity contribution in [2.24, 2.45) is 0 Å². The van der Waals surface area contributed by atoms with Gasteiger partial charge in [0.25, 0.3) is 0 Å². The number of imide groups is 1. The number of nitrogens with zero attached hydrogens (tertiary/aromatic N) is 1. The van der Waals surface area contributed by atoms with Gasteiger partial charge in [-0.3, -0.25) is 0 Å². The molecule has 66 valence electrons. The van der Waals surface area contributed by atoms with E-state index < -0.39 is 24.2 Å². The van der Waals surface area contributed by atoms with Crippen molar-refractivity contribution >= 4 is 18.2 Å². The van der Waals surface area contributed by atoms with Gasteiger partial charge in [-0.15, -0.1) is 0 Å². The van der Waals surface area contributed by atoms with Crippen molar-refractivity contribution in [1.29, 1.82) is 0 Å². The minimum atomic E-state index is -1.46. The zero-order valence-electron chi connectivity index (χ0n) is 6.31. The molecule has 6 heteroatoms. The number of cyclic esters (lactones) is 2. The lowest BCUT2D eigenvalue weighted by Gasteiger charge is -2.11. The highest BCUT2D eigenvalue weighted by Crippen LogP contribution is 2.16. The van der Waals surface area contributed by atoms with Crippen molar-refractivity contribution in [2.45, 2.75) is 19.4 Å². The molecule has 1 N–H and O–H groups in total. The maximum absolute atomic E-state index is 10.8. The Kier molecular flexibility index (Phi) is 1.99. The molecule has 1 saturated heterocycles. The summed E-state index contributed by atoms with van der Waals surface area (Å²) in [5, 5.41) is 8.48. The van der Waals surface area contributed by atoms with E-state index in [1.165, 1.54) is 0 Å². The van der Waals surface area contributed by atoms with Gasteiger partial charge in [-0.1, -0.05) is 6.92 Å². The zero-order valence-corrected chi connectivity index (χ0v) is 6.31. The number of ether oxygens (including phenoxy) is 1. The second-order valence-corrected chi connectivity index (χ2v) is 2.26. The lowest BCUT2D eigenvalue weighted by atomic mass is 10.2. The molecule has 1 atom stereocenters. The highest BCUT2D eigenvalue weighted by Gasteiger charge is 2.44. The van der Waals surface area contributed by atoms with E-state index in [2.05, 4.69) is 4.74 Å². The molecule has 12 heavy (non-hydrogen) atoms. The van der Waals surface area contributed by atoms with Crippen molar-refractivity contribution in [3.05, 3.63) is 0 Å². The van der Waals surface area contributed by atoms with Gasteiger partial charge in [0.05, 0.1) is 0 Å². The lowest BCUT2D eigenvalue weighted by molar-refractivity contribution is -0.135. The molecule has 6 nitrogen and oxygen atoms in total. The van der Waals surface area contributed by atoms with Crippen LogP contribution in [0.15, 0.2) is 0 Å². The lowest BCUT2D eigenvalue weighted by Crippen LogP contribution is -2.38. The number of hydrogen-bond acceptors (Lipinski definition) is 4. The Balaban J connectivity index is 2.89. The fraction of sp³-hybridized carbons (Fsp3) is 0.500. The largest absolute Gasteiger partial charge is 0.464 e. The molecule has 0 unspecified atom stereocenters. The number of carbonyl (C=O) groups excluding carboxylic acids is 2. The van der Waals surface area contributed by atoms with E-state index in [4.69, 9.17) is 5.11 Å². The summed E-state index contributed by atoms with van der Waals surface area (Å²) in [6, 6.07) is -0.977. The van der Waals surface area contributed by atoms with Gasteiger partial charge >= 0.3 is 18.2 Å². The zero-order chi connectivity index (χ0) is 9.30. The number of esters is 1. The molecule has 0 spiro atoms. The van der Waals surface area contributed by atoms with Gasteiger partial charge in [0.15, 0.2) is 0 Å². The molecular formula is C6H7NO5. The van der Waals surface area contributed by atoms with Crippen molar-refractivity contribution in [2.75, 3.05) is 0 Å². The van der Waals surface area contributed by atoms with E-state index in [1.54, 1.807) is 6.92 Å². The fourth-order valence-corrected chi connectivity index (χ4v) is 0.997. The summed E-state index contributed by atoms with van der Waals surface area (Å²) in [6.07, 6.45) is -2.34. The summed E-state index contributed by atoms with van der Waals surface area (Å²) in [4.78, 5) is 32.3. The highest BCUT2D eigenvalue weighted by atomic mass is 16.6. The molecule has 0 aromatic rings. The van der Waals surface area contributed by atoms with Crippen molar-refractivity contribution in [3.63, 3.8) is 0 Å². The number of amides is 2. The first-order valence-electron chi connectivity index (χ1n) is 3.35. The van der Waals surface area contributed by atoms with Crippen LogP contribution in [0, 0.1) is 0 Å². The smallest absolute Gasteiger partial charge is 0.427 e. The van der Waals surface area contributed by atoms with Crippen LogP contribution in [-0.2, 0) is 9.53 Å². The topological polar surface area (TPSA) is 83.9 Å². The van der Waals surface area contributed by atoms with Gasteiger partial charge < -0.3 is 9.84 Å². The summed E-state index contributed by atoms with van der Waals surface area (Å²) in [6.45, 7) is 1.60. The maximum atomic E-state index is 10.8. The highest BCUT2D eigenvalue weighted by molar-refractivity contribution is 6.03. The van der Waals surface area contributed by atoms with Gasteiger partial charge in [-0.25, -0.2) is 14.4 Å². The van der Waals surface area contributed by atoms with Gasteiger partial charge in [-0.05, 0) is 6.42 Å². The molecule has 2 amide bonds. The average Bonchev–Trinajstić information content (AvgIpc) is 2.24. The Morgan fingerprint density at radius 3 is 2.58 bits per heavy atom. The van der Waals surface area contributed by atoms with E-state index in [0.29, 0.717) is 4.90 Å². The van der Waals surface area contributed by atoms with Crippen LogP contribution in [0.1, 0.15) is 13.3 Å². The molecular weight excluding hydrogens is 166 g/mol. The summed E-state index contributed by atoms with van der Waals surface area (Å²) in [7, 11) is 0. The van der Waals surface area contributed by atoms with E-state index in [9.17, 15) is 14.4 Å². The van der Waals surface area contributed by atoms with Crippen molar-refractivity contribution in [1.82, 2.24) is 4.90 Å². The SMILES string of the molecule is CC[C@H]1C(=O)OC(=O)N1C(=O)O. The van der Waals surface area contributed by atoms with Gasteiger partial charge in [0.2, 0.25) is 0 Å². The fourth-order valence-electron chi connectivity index (χ4n) is 0.997. The van der Waals surface area contributed by atoms with Crippen LogP contribution in [0.25, 0.3) is 0 Å². The molecule has 0 aromatic carbocycles. The third-order valence-corrected chi connectivity index (χ3v) is 1.56. The Bertz CT molecular complexity index is 248. The van der Waals surface area contributed by atoms with Crippen LogP contribution >= 0.6 is 0 Å². The second kappa shape index (κ2) is 2.80. The number of carbonyl (C=O) groups is 3. The summed E-state index contributed by atoms with van der Waals surface area (Å²) in [5.41, 5.74) is 0. The van der Waals surface area contributed by atoms with Gasteiger partial charge in [-0.2, -0.15) is 4.90 Å². The summed E-state index contributed by atoms with van der Waals surface area (Å²) >= 11 is 0. The molecule has 1 aliphatic rings. The molecule has 1 rings (SSSR count). The average molecular weight is 173 g/mol. The monoisotopic (exact) mass is 173 g/mol. The van der Waals surface area contributed by atoms with Crippen molar-refractivity contribution < 1.29 is 24.2 Å². The first-order chi connectivity index (χ1) is 5.57. The molecule has 0 bridgehead atoms. The first kappa shape index (κ1) is 8.51. The van der Waals surface area contributed by atoms with E-state index in [1.807, 2.05) is 0 Å². The molecule has 1 aliphatic heterocycles. The molecule has 0 radical (unpaired) electrons. The minimum Gasteiger partial charge on any atom is -0.464 e. The third kappa shape index (κ3) is 1.11. The van der Waals surface area contributed by atoms with Gasteiger partial charge in [0, 0.05) is 0 Å². The van der Waals surface area contributed by atoms with E-state index in [0.717, 1.165) is 0 Å². The Morgan fingerprint density at radius 2 is 2.25 bits per heavy atom. The number of carboxylic acid groups (broad SMARTS) is 1. The predicted octanol–water partition coefficient (Wildman–Crippen LogP) is 0.422. The van der Waals surface area contributed by atoms with Crippen LogP contribution < -0.4 is 0 Å². The quantitative estimate of drug-likeness (QED) is 0.459. The van der Waals surface area contributed by atoms with Crippen LogP contribution in [0.3, 0.4) is 0 Å². The third-order valence-electron chi connectivity index (χ3n) is 1.56. The van der Waals surface area contributed by atoms with E-state index in [-0.39, 0.29) is 6.42 Å².